The van der Waals surface area contributed by atoms with E-state index in [-0.39, 0.29) is 18.5 Å². The summed E-state index contributed by atoms with van der Waals surface area (Å²) < 4.78 is 0. The van der Waals surface area contributed by atoms with Gasteiger partial charge in [-0.05, 0) is 30.7 Å². The standard InChI is InChI=1S/C17H17ClN4O/c1-11-20-15-8-7-13(18)9-14(15)17(12-5-3-2-4-6-12)22(11)10-16(23)21-19/h2-9,17H,10,19H2,1H3,(H,21,23)/t17-/m1/s1. The van der Waals surface area contributed by atoms with Gasteiger partial charge in [-0.15, -0.1) is 0 Å². The second-order valence-electron chi connectivity index (χ2n) is 5.37. The normalized spacial score (nSPS) is 16.6. The van der Waals surface area contributed by atoms with Crippen LogP contribution in [0.5, 0.6) is 0 Å². The van der Waals surface area contributed by atoms with Crippen LogP contribution in [0.4, 0.5) is 5.69 Å². The van der Waals surface area contributed by atoms with Crippen LogP contribution < -0.4 is 11.3 Å². The summed E-state index contributed by atoms with van der Waals surface area (Å²) >= 11 is 6.18. The molecule has 3 rings (SSSR count). The van der Waals surface area contributed by atoms with Crippen molar-refractivity contribution in [2.24, 2.45) is 10.8 Å². The van der Waals surface area contributed by atoms with Gasteiger partial charge in [-0.25, -0.2) is 10.8 Å². The molecule has 2 aromatic carbocycles. The minimum absolute atomic E-state index is 0.122. The number of hydrogen-bond donors (Lipinski definition) is 2. The number of nitrogens with one attached hydrogen (secondary N) is 1. The van der Waals surface area contributed by atoms with E-state index < -0.39 is 0 Å². The van der Waals surface area contributed by atoms with E-state index in [4.69, 9.17) is 17.4 Å². The number of hydrogen-bond acceptors (Lipinski definition) is 4. The van der Waals surface area contributed by atoms with Crippen LogP contribution in [0.1, 0.15) is 24.1 Å². The van der Waals surface area contributed by atoms with Crippen molar-refractivity contribution in [1.29, 1.82) is 0 Å². The van der Waals surface area contributed by atoms with Gasteiger partial charge in [-0.1, -0.05) is 41.9 Å². The van der Waals surface area contributed by atoms with Crippen molar-refractivity contribution in [3.8, 4) is 0 Å². The van der Waals surface area contributed by atoms with Crippen LogP contribution in [0.25, 0.3) is 0 Å². The number of nitrogens with two attached hydrogens (primary N) is 1. The molecule has 23 heavy (non-hydrogen) atoms. The molecule has 0 saturated carbocycles. The van der Waals surface area contributed by atoms with Gasteiger partial charge in [0.2, 0.25) is 0 Å². The highest BCUT2D eigenvalue weighted by Crippen LogP contribution is 2.40. The number of rotatable bonds is 3. The van der Waals surface area contributed by atoms with Crippen molar-refractivity contribution in [2.45, 2.75) is 13.0 Å². The summed E-state index contributed by atoms with van der Waals surface area (Å²) in [5, 5.41) is 0.641. The van der Waals surface area contributed by atoms with Gasteiger partial charge in [0.1, 0.15) is 12.4 Å². The van der Waals surface area contributed by atoms with Crippen LogP contribution in [-0.4, -0.2) is 23.2 Å². The van der Waals surface area contributed by atoms with Crippen LogP contribution in [-0.2, 0) is 4.79 Å². The molecule has 0 spiro atoms. The summed E-state index contributed by atoms with van der Waals surface area (Å²) in [7, 11) is 0. The first kappa shape index (κ1) is 15.5. The van der Waals surface area contributed by atoms with E-state index in [1.165, 1.54) is 0 Å². The Bertz CT molecular complexity index is 760. The lowest BCUT2D eigenvalue weighted by molar-refractivity contribution is -0.121. The summed E-state index contributed by atoms with van der Waals surface area (Å²) in [6, 6.07) is 15.5. The molecular formula is C17H17ClN4O. The average Bonchev–Trinajstić information content (AvgIpc) is 2.56. The molecule has 0 unspecified atom stereocenters. The van der Waals surface area contributed by atoms with Crippen molar-refractivity contribution in [1.82, 2.24) is 10.3 Å². The molecule has 118 valence electrons. The van der Waals surface area contributed by atoms with E-state index >= 15 is 0 Å². The van der Waals surface area contributed by atoms with Crippen molar-refractivity contribution in [3.63, 3.8) is 0 Å². The Morgan fingerprint density at radius 2 is 2.04 bits per heavy atom. The molecule has 0 saturated heterocycles. The molecule has 2 aromatic rings. The van der Waals surface area contributed by atoms with E-state index in [2.05, 4.69) is 10.4 Å². The maximum atomic E-state index is 11.8. The zero-order valence-electron chi connectivity index (χ0n) is 12.7. The molecule has 1 heterocycles. The predicted molar refractivity (Wildman–Crippen MR) is 91.5 cm³/mol. The fourth-order valence-electron chi connectivity index (χ4n) is 2.84. The van der Waals surface area contributed by atoms with E-state index in [0.717, 1.165) is 22.6 Å². The highest BCUT2D eigenvalue weighted by Gasteiger charge is 2.30. The van der Waals surface area contributed by atoms with Crippen LogP contribution in [0, 0.1) is 0 Å². The number of hydrazine groups is 1. The van der Waals surface area contributed by atoms with Crippen LogP contribution in [0.3, 0.4) is 0 Å². The lowest BCUT2D eigenvalue weighted by Gasteiger charge is -2.37. The smallest absolute Gasteiger partial charge is 0.253 e. The second-order valence-corrected chi connectivity index (χ2v) is 5.81. The Morgan fingerprint density at radius 3 is 2.74 bits per heavy atom. The quantitative estimate of drug-likeness (QED) is 0.517. The minimum atomic E-state index is -0.272. The zero-order chi connectivity index (χ0) is 16.4. The third-order valence-corrected chi connectivity index (χ3v) is 4.12. The van der Waals surface area contributed by atoms with Gasteiger partial charge in [-0.3, -0.25) is 10.2 Å². The van der Waals surface area contributed by atoms with Gasteiger partial charge in [0.25, 0.3) is 5.91 Å². The molecule has 1 aliphatic rings. The number of halogens is 1. The summed E-state index contributed by atoms with van der Waals surface area (Å²) in [6.45, 7) is 2.01. The first-order valence-corrected chi connectivity index (χ1v) is 7.63. The maximum Gasteiger partial charge on any atom is 0.253 e. The number of benzene rings is 2. The van der Waals surface area contributed by atoms with Crippen molar-refractivity contribution >= 4 is 29.0 Å². The Kier molecular flexibility index (Phi) is 4.32. The Hall–Kier alpha value is -2.37. The molecule has 0 radical (unpaired) electrons. The lowest BCUT2D eigenvalue weighted by Crippen LogP contribution is -2.45. The highest BCUT2D eigenvalue weighted by molar-refractivity contribution is 6.30. The maximum absolute atomic E-state index is 11.8. The van der Waals surface area contributed by atoms with Gasteiger partial charge in [0.05, 0.1) is 11.7 Å². The fraction of sp³-hybridized carbons (Fsp3) is 0.176. The van der Waals surface area contributed by atoms with E-state index in [1.807, 2.05) is 60.4 Å². The molecule has 1 atom stereocenters. The third-order valence-electron chi connectivity index (χ3n) is 3.88. The number of amidine groups is 1. The van der Waals surface area contributed by atoms with Gasteiger partial charge >= 0.3 is 0 Å². The highest BCUT2D eigenvalue weighted by atomic mass is 35.5. The summed E-state index contributed by atoms with van der Waals surface area (Å²) in [5.74, 6) is 5.74. The summed E-state index contributed by atoms with van der Waals surface area (Å²) in [5.41, 5.74) is 5.08. The van der Waals surface area contributed by atoms with E-state index in [1.54, 1.807) is 0 Å². The number of amides is 1. The molecule has 5 nitrogen and oxygen atoms in total. The molecule has 0 aromatic heterocycles. The molecular weight excluding hydrogens is 312 g/mol. The van der Waals surface area contributed by atoms with Crippen molar-refractivity contribution in [3.05, 3.63) is 64.7 Å². The number of carbonyl (C=O) groups excluding carboxylic acids is 1. The molecule has 0 bridgehead atoms. The van der Waals surface area contributed by atoms with Crippen molar-refractivity contribution in [2.75, 3.05) is 6.54 Å². The predicted octanol–water partition coefficient (Wildman–Crippen LogP) is 2.78. The molecule has 6 heteroatoms. The molecule has 3 N–H and O–H groups in total. The first-order valence-electron chi connectivity index (χ1n) is 7.26. The Morgan fingerprint density at radius 1 is 1.30 bits per heavy atom. The topological polar surface area (TPSA) is 70.7 Å². The van der Waals surface area contributed by atoms with Crippen LogP contribution >= 0.6 is 11.6 Å². The van der Waals surface area contributed by atoms with E-state index in [0.29, 0.717) is 5.02 Å². The zero-order valence-corrected chi connectivity index (χ0v) is 13.4. The largest absolute Gasteiger partial charge is 0.340 e. The Balaban J connectivity index is 2.13. The number of aliphatic imine (C=N–C) groups is 1. The van der Waals surface area contributed by atoms with Gasteiger partial charge in [0, 0.05) is 10.6 Å². The fourth-order valence-corrected chi connectivity index (χ4v) is 3.02. The number of fused-ring (bicyclic) bond motifs is 1. The average molecular weight is 329 g/mol. The van der Waals surface area contributed by atoms with E-state index in [9.17, 15) is 4.79 Å². The molecule has 0 fully saturated rings. The monoisotopic (exact) mass is 328 g/mol. The summed E-state index contributed by atoms with van der Waals surface area (Å²) in [4.78, 5) is 18.3. The number of nitrogens with zero attached hydrogens (tertiary/aromatic N) is 2. The van der Waals surface area contributed by atoms with Gasteiger partial charge in [-0.2, -0.15) is 0 Å². The van der Waals surface area contributed by atoms with Gasteiger partial charge < -0.3 is 4.90 Å². The Labute approximate surface area is 139 Å². The second kappa shape index (κ2) is 6.40. The third kappa shape index (κ3) is 3.06. The SMILES string of the molecule is CC1=Nc2ccc(Cl)cc2[C@@H](c2ccccc2)N1CC(=O)NN. The van der Waals surface area contributed by atoms with Crippen molar-refractivity contribution < 1.29 is 4.79 Å². The minimum Gasteiger partial charge on any atom is -0.340 e. The number of carbonyl (C=O) groups is 1. The first-order chi connectivity index (χ1) is 11.1. The van der Waals surface area contributed by atoms with Crippen LogP contribution in [0.15, 0.2) is 53.5 Å². The molecule has 0 aliphatic carbocycles. The van der Waals surface area contributed by atoms with Gasteiger partial charge in [0.15, 0.2) is 0 Å². The summed E-state index contributed by atoms with van der Waals surface area (Å²) in [6.07, 6.45) is 0. The lowest BCUT2D eigenvalue weighted by atomic mass is 9.94. The molecule has 1 aliphatic heterocycles. The molecule has 1 amide bonds. The van der Waals surface area contributed by atoms with Crippen LogP contribution in [0.2, 0.25) is 5.02 Å².